The summed E-state index contributed by atoms with van der Waals surface area (Å²) < 4.78 is 18.5. The summed E-state index contributed by atoms with van der Waals surface area (Å²) in [6, 6.07) is 5.26. The number of aliphatic imine (C=N–C) groups is 1. The fourth-order valence-electron chi connectivity index (χ4n) is 2.42. The Hall–Kier alpha value is -2.25. The van der Waals surface area contributed by atoms with Gasteiger partial charge in [-0.1, -0.05) is 35.1 Å². The summed E-state index contributed by atoms with van der Waals surface area (Å²) in [5, 5.41) is 3.09. The third kappa shape index (κ3) is 3.18. The minimum atomic E-state index is -0.602. The number of hydrogen-bond donors (Lipinski definition) is 1. The minimum Gasteiger partial charge on any atom is -0.466 e. The van der Waals surface area contributed by atoms with Crippen LogP contribution in [0.25, 0.3) is 0 Å². The van der Waals surface area contributed by atoms with Gasteiger partial charge in [0.1, 0.15) is 17.7 Å². The lowest BCUT2D eigenvalue weighted by atomic mass is 9.96. The van der Waals surface area contributed by atoms with Crippen molar-refractivity contribution < 1.29 is 13.9 Å². The predicted molar refractivity (Wildman–Crippen MR) is 90.7 cm³/mol. The second-order valence-corrected chi connectivity index (χ2v) is 6.68. The van der Waals surface area contributed by atoms with E-state index in [-0.39, 0.29) is 5.82 Å². The Morgan fingerprint density at radius 1 is 1.38 bits per heavy atom. The van der Waals surface area contributed by atoms with Crippen molar-refractivity contribution >= 4 is 34.7 Å². The van der Waals surface area contributed by atoms with E-state index in [2.05, 4.69) is 15.3 Å². The molecule has 1 aromatic heterocycles. The first-order valence-corrected chi connectivity index (χ1v) is 8.20. The maximum atomic E-state index is 13.2. The van der Waals surface area contributed by atoms with Gasteiger partial charge >= 0.3 is 5.97 Å². The van der Waals surface area contributed by atoms with Crippen LogP contribution in [0.15, 0.2) is 46.7 Å². The number of carbonyl (C=O) groups excluding carboxylic acids is 1. The third-order valence-corrected chi connectivity index (χ3v) is 4.67. The standard InChI is InChI=1S/C16H13ClFN3O2S/c1-8-12(15(22)23-2)13(9-3-5-10(18)6-4-9)21-14(20-8)11-7-19-16(17)24-11/h3-7,13H,1-2H3,(H,20,21)/t13-/m1/s1. The molecule has 0 fully saturated rings. The number of aromatic nitrogens is 1. The van der Waals surface area contributed by atoms with E-state index in [1.54, 1.807) is 25.3 Å². The number of hydrogen-bond acceptors (Lipinski definition) is 6. The smallest absolute Gasteiger partial charge is 0.338 e. The molecule has 0 bridgehead atoms. The van der Waals surface area contributed by atoms with Crippen molar-refractivity contribution in [2.24, 2.45) is 4.99 Å². The van der Waals surface area contributed by atoms with Gasteiger partial charge in [0.05, 0.1) is 23.8 Å². The van der Waals surface area contributed by atoms with E-state index in [0.717, 1.165) is 4.88 Å². The molecule has 8 heteroatoms. The molecule has 0 amide bonds. The Balaban J connectivity index is 2.08. The number of ether oxygens (including phenoxy) is 1. The number of halogens is 2. The van der Waals surface area contributed by atoms with Crippen LogP contribution < -0.4 is 5.32 Å². The highest BCUT2D eigenvalue weighted by Crippen LogP contribution is 2.33. The molecule has 1 aliphatic heterocycles. The summed E-state index contributed by atoms with van der Waals surface area (Å²) in [6.45, 7) is 1.76. The maximum Gasteiger partial charge on any atom is 0.338 e. The SMILES string of the molecule is COC(=O)C1=C(C)NC(c2cnc(Cl)s2)=N[C@@H]1c1ccc(F)cc1. The number of methoxy groups -OCH3 is 1. The van der Waals surface area contributed by atoms with Crippen molar-refractivity contribution in [1.29, 1.82) is 0 Å². The van der Waals surface area contributed by atoms with Gasteiger partial charge in [-0.05, 0) is 24.6 Å². The van der Waals surface area contributed by atoms with Gasteiger partial charge in [0.15, 0.2) is 4.47 Å². The third-order valence-electron chi connectivity index (χ3n) is 3.54. The fourth-order valence-corrected chi connectivity index (χ4v) is 3.32. The molecule has 0 radical (unpaired) electrons. The lowest BCUT2D eigenvalue weighted by Gasteiger charge is -2.25. The zero-order chi connectivity index (χ0) is 17.3. The number of rotatable bonds is 3. The van der Waals surface area contributed by atoms with Crippen LogP contribution in [0.4, 0.5) is 4.39 Å². The van der Waals surface area contributed by atoms with E-state index < -0.39 is 12.0 Å². The van der Waals surface area contributed by atoms with Gasteiger partial charge in [-0.25, -0.2) is 14.2 Å². The molecule has 3 rings (SSSR count). The highest BCUT2D eigenvalue weighted by molar-refractivity contribution is 7.17. The molecule has 0 aliphatic carbocycles. The summed E-state index contributed by atoms with van der Waals surface area (Å²) in [5.74, 6) is -0.287. The molecular formula is C16H13ClFN3O2S. The van der Waals surface area contributed by atoms with Gasteiger partial charge in [-0.2, -0.15) is 0 Å². The first-order valence-electron chi connectivity index (χ1n) is 7.00. The van der Waals surface area contributed by atoms with Gasteiger partial charge in [-0.15, -0.1) is 0 Å². The largest absolute Gasteiger partial charge is 0.466 e. The van der Waals surface area contributed by atoms with Crippen LogP contribution in [0, 0.1) is 5.82 Å². The molecule has 0 saturated heterocycles. The van der Waals surface area contributed by atoms with Crippen molar-refractivity contribution in [3.8, 4) is 0 Å². The number of carbonyl (C=O) groups is 1. The van der Waals surface area contributed by atoms with Crippen LogP contribution in [-0.4, -0.2) is 23.9 Å². The van der Waals surface area contributed by atoms with Gasteiger partial charge in [-0.3, -0.25) is 4.99 Å². The van der Waals surface area contributed by atoms with Crippen LogP contribution in [-0.2, 0) is 9.53 Å². The summed E-state index contributed by atoms with van der Waals surface area (Å²) in [5.41, 5.74) is 1.68. The van der Waals surface area contributed by atoms with E-state index in [1.165, 1.54) is 30.6 Å². The van der Waals surface area contributed by atoms with E-state index in [1.807, 2.05) is 0 Å². The van der Waals surface area contributed by atoms with Crippen LogP contribution in [0.5, 0.6) is 0 Å². The zero-order valence-electron chi connectivity index (χ0n) is 12.8. The van der Waals surface area contributed by atoms with Gasteiger partial charge in [0.25, 0.3) is 0 Å². The van der Waals surface area contributed by atoms with Crippen molar-refractivity contribution in [1.82, 2.24) is 10.3 Å². The van der Waals surface area contributed by atoms with Gasteiger partial charge in [0, 0.05) is 5.70 Å². The molecule has 0 saturated carbocycles. The van der Waals surface area contributed by atoms with Crippen molar-refractivity contribution in [3.63, 3.8) is 0 Å². The molecule has 1 N–H and O–H groups in total. The fraction of sp³-hybridized carbons (Fsp3) is 0.188. The van der Waals surface area contributed by atoms with Crippen LogP contribution in [0.3, 0.4) is 0 Å². The van der Waals surface area contributed by atoms with Crippen molar-refractivity contribution in [2.75, 3.05) is 7.11 Å². The Morgan fingerprint density at radius 3 is 2.67 bits per heavy atom. The average molecular weight is 366 g/mol. The molecule has 24 heavy (non-hydrogen) atoms. The lowest BCUT2D eigenvalue weighted by Crippen LogP contribution is -2.32. The Labute approximate surface area is 146 Å². The van der Waals surface area contributed by atoms with Crippen LogP contribution >= 0.6 is 22.9 Å². The van der Waals surface area contributed by atoms with Gasteiger partial charge < -0.3 is 10.1 Å². The second-order valence-electron chi connectivity index (χ2n) is 5.06. The molecular weight excluding hydrogens is 353 g/mol. The van der Waals surface area contributed by atoms with E-state index in [0.29, 0.717) is 27.1 Å². The molecule has 5 nitrogen and oxygen atoms in total. The Kier molecular flexibility index (Phi) is 4.64. The van der Waals surface area contributed by atoms with Crippen molar-refractivity contribution in [2.45, 2.75) is 13.0 Å². The molecule has 2 aromatic rings. The number of benzene rings is 1. The zero-order valence-corrected chi connectivity index (χ0v) is 14.4. The lowest BCUT2D eigenvalue weighted by molar-refractivity contribution is -0.136. The second kappa shape index (κ2) is 6.70. The van der Waals surface area contributed by atoms with Crippen LogP contribution in [0.1, 0.15) is 23.4 Å². The monoisotopic (exact) mass is 365 g/mol. The summed E-state index contributed by atoms with van der Waals surface area (Å²) >= 11 is 7.16. The number of amidine groups is 1. The number of nitrogens with one attached hydrogen (secondary N) is 1. The maximum absolute atomic E-state index is 13.2. The highest BCUT2D eigenvalue weighted by atomic mass is 35.5. The predicted octanol–water partition coefficient (Wildman–Crippen LogP) is 3.47. The number of esters is 1. The van der Waals surface area contributed by atoms with E-state index in [9.17, 15) is 9.18 Å². The highest BCUT2D eigenvalue weighted by Gasteiger charge is 2.30. The number of allylic oxidation sites excluding steroid dienone is 1. The minimum absolute atomic E-state index is 0.355. The van der Waals surface area contributed by atoms with E-state index >= 15 is 0 Å². The number of nitrogens with zero attached hydrogens (tertiary/aromatic N) is 2. The molecule has 1 aromatic carbocycles. The normalized spacial score (nSPS) is 17.3. The molecule has 0 unspecified atom stereocenters. The molecule has 2 heterocycles. The first-order chi connectivity index (χ1) is 11.5. The molecule has 1 aliphatic rings. The Bertz CT molecular complexity index is 845. The van der Waals surface area contributed by atoms with E-state index in [4.69, 9.17) is 16.3 Å². The molecule has 124 valence electrons. The Morgan fingerprint density at radius 2 is 2.08 bits per heavy atom. The van der Waals surface area contributed by atoms with Crippen molar-refractivity contribution in [3.05, 3.63) is 62.5 Å². The van der Waals surface area contributed by atoms with Gasteiger partial charge in [0.2, 0.25) is 0 Å². The quantitative estimate of drug-likeness (QED) is 0.846. The average Bonchev–Trinajstić information content (AvgIpc) is 3.00. The summed E-state index contributed by atoms with van der Waals surface area (Å²) in [7, 11) is 1.31. The molecule has 1 atom stereocenters. The summed E-state index contributed by atoms with van der Waals surface area (Å²) in [6.07, 6.45) is 1.61. The molecule has 0 spiro atoms. The topological polar surface area (TPSA) is 63.6 Å². The van der Waals surface area contributed by atoms with Crippen LogP contribution in [0.2, 0.25) is 4.47 Å². The summed E-state index contributed by atoms with van der Waals surface area (Å²) in [4.78, 5) is 21.5. The number of thiazole rings is 1. The first kappa shape index (κ1) is 16.6.